The highest BCUT2D eigenvalue weighted by Gasteiger charge is 2.10. The first-order chi connectivity index (χ1) is 11.7. The van der Waals surface area contributed by atoms with E-state index in [1.807, 2.05) is 56.4 Å². The summed E-state index contributed by atoms with van der Waals surface area (Å²) in [7, 11) is 0. The van der Waals surface area contributed by atoms with Gasteiger partial charge in [-0.2, -0.15) is 0 Å². The number of aromatic nitrogens is 2. The van der Waals surface area contributed by atoms with Crippen molar-refractivity contribution < 1.29 is 4.79 Å². The Kier molecular flexibility index (Phi) is 6.38. The van der Waals surface area contributed by atoms with Crippen molar-refractivity contribution in [3.05, 3.63) is 53.3 Å². The highest BCUT2D eigenvalue weighted by Crippen LogP contribution is 2.28. The van der Waals surface area contributed by atoms with E-state index in [2.05, 4.69) is 4.98 Å². The van der Waals surface area contributed by atoms with Crippen LogP contribution in [-0.4, -0.2) is 15.7 Å². The lowest BCUT2D eigenvalue weighted by Crippen LogP contribution is -1.95. The lowest BCUT2D eigenvalue weighted by Gasteiger charge is -2.05. The summed E-state index contributed by atoms with van der Waals surface area (Å²) < 4.78 is 1.67. The molecule has 5 heteroatoms. The third-order valence-electron chi connectivity index (χ3n) is 3.33. The summed E-state index contributed by atoms with van der Waals surface area (Å²) in [6.07, 6.45) is 7.01. The second-order valence-corrected chi connectivity index (χ2v) is 5.59. The van der Waals surface area contributed by atoms with Gasteiger partial charge in [0, 0.05) is 16.8 Å². The van der Waals surface area contributed by atoms with Gasteiger partial charge in [0.25, 0.3) is 0 Å². The molecule has 24 heavy (non-hydrogen) atoms. The first kappa shape index (κ1) is 18.0. The van der Waals surface area contributed by atoms with E-state index < -0.39 is 0 Å². The molecule has 2 aromatic heterocycles. The maximum Gasteiger partial charge on any atom is 0.170 e. The van der Waals surface area contributed by atoms with E-state index in [1.54, 1.807) is 4.40 Å². The van der Waals surface area contributed by atoms with Crippen LogP contribution < -0.4 is 5.73 Å². The molecular weight excluding hydrogens is 322 g/mol. The number of carbonyl (C=O) groups is 1. The molecule has 0 aliphatic heterocycles. The van der Waals surface area contributed by atoms with Crippen LogP contribution in [0.5, 0.6) is 0 Å². The molecule has 0 radical (unpaired) electrons. The second-order valence-electron chi connectivity index (χ2n) is 5.19. The molecule has 126 valence electrons. The number of fused-ring (bicyclic) bond motifs is 1. The van der Waals surface area contributed by atoms with E-state index >= 15 is 0 Å². The summed E-state index contributed by atoms with van der Waals surface area (Å²) in [5.74, 6) is 0.228. The fourth-order valence-electron chi connectivity index (χ4n) is 2.05. The van der Waals surface area contributed by atoms with Crippen molar-refractivity contribution >= 4 is 29.4 Å². The van der Waals surface area contributed by atoms with Crippen LogP contribution in [0.3, 0.4) is 0 Å². The molecule has 1 saturated carbocycles. The van der Waals surface area contributed by atoms with Gasteiger partial charge in [0.15, 0.2) is 12.1 Å². The van der Waals surface area contributed by atoms with E-state index in [9.17, 15) is 4.79 Å². The molecule has 0 bridgehead atoms. The molecule has 4 nitrogen and oxygen atoms in total. The second kappa shape index (κ2) is 8.50. The van der Waals surface area contributed by atoms with E-state index in [4.69, 9.17) is 17.3 Å². The molecule has 0 unspecified atom stereocenters. The number of pyridine rings is 1. The highest BCUT2D eigenvalue weighted by molar-refractivity contribution is 6.33. The van der Waals surface area contributed by atoms with Gasteiger partial charge >= 0.3 is 0 Å². The zero-order chi connectivity index (χ0) is 17.5. The molecule has 1 aromatic carbocycles. The van der Waals surface area contributed by atoms with Gasteiger partial charge < -0.3 is 5.73 Å². The van der Waals surface area contributed by atoms with Crippen molar-refractivity contribution in [2.45, 2.75) is 33.1 Å². The Morgan fingerprint density at radius 3 is 2.38 bits per heavy atom. The van der Waals surface area contributed by atoms with Crippen molar-refractivity contribution in [1.29, 1.82) is 0 Å². The highest BCUT2D eigenvalue weighted by atomic mass is 35.5. The Bertz CT molecular complexity index is 822. The fourth-order valence-corrected chi connectivity index (χ4v) is 2.30. The van der Waals surface area contributed by atoms with Crippen LogP contribution in [0.4, 0.5) is 5.82 Å². The lowest BCUT2D eigenvalue weighted by atomic mass is 10.1. The summed E-state index contributed by atoms with van der Waals surface area (Å²) in [6, 6.07) is 11.2. The largest absolute Gasteiger partial charge is 0.382 e. The minimum Gasteiger partial charge on any atom is -0.382 e. The SMILES string of the molecule is C1CC1.CC.Nc1nc2ccc(-c3ccccc3Cl)cn2c1C=O. The van der Waals surface area contributed by atoms with Crippen LogP contribution in [0, 0.1) is 0 Å². The number of benzene rings is 1. The van der Waals surface area contributed by atoms with Gasteiger partial charge in [0.1, 0.15) is 11.3 Å². The van der Waals surface area contributed by atoms with E-state index in [1.165, 1.54) is 19.3 Å². The van der Waals surface area contributed by atoms with Gasteiger partial charge in [-0.15, -0.1) is 0 Å². The number of rotatable bonds is 2. The maximum atomic E-state index is 11.1. The number of hydrogen-bond donors (Lipinski definition) is 1. The summed E-state index contributed by atoms with van der Waals surface area (Å²) in [5.41, 5.74) is 8.48. The number of anilines is 1. The monoisotopic (exact) mass is 343 g/mol. The molecule has 0 amide bonds. The van der Waals surface area contributed by atoms with Crippen molar-refractivity contribution in [1.82, 2.24) is 9.38 Å². The van der Waals surface area contributed by atoms with Crippen LogP contribution >= 0.6 is 11.6 Å². The zero-order valence-corrected chi connectivity index (χ0v) is 14.8. The Labute approximate surface area is 147 Å². The van der Waals surface area contributed by atoms with Gasteiger partial charge in [-0.25, -0.2) is 4.98 Å². The number of carbonyl (C=O) groups excluding carboxylic acids is 1. The van der Waals surface area contributed by atoms with Gasteiger partial charge in [-0.3, -0.25) is 9.20 Å². The van der Waals surface area contributed by atoms with E-state index in [-0.39, 0.29) is 5.82 Å². The van der Waals surface area contributed by atoms with Crippen molar-refractivity contribution in [2.75, 3.05) is 5.73 Å². The average Bonchev–Trinajstić information content (AvgIpc) is 3.45. The number of halogens is 1. The first-order valence-electron chi connectivity index (χ1n) is 8.18. The summed E-state index contributed by atoms with van der Waals surface area (Å²) in [4.78, 5) is 15.2. The Morgan fingerprint density at radius 1 is 1.12 bits per heavy atom. The number of nitrogens with two attached hydrogens (primary N) is 1. The topological polar surface area (TPSA) is 60.4 Å². The number of hydrogen-bond acceptors (Lipinski definition) is 3. The fraction of sp³-hybridized carbons (Fsp3) is 0.263. The van der Waals surface area contributed by atoms with Crippen molar-refractivity contribution in [3.63, 3.8) is 0 Å². The van der Waals surface area contributed by atoms with Gasteiger partial charge in [-0.05, 0) is 23.8 Å². The molecule has 1 aliphatic rings. The lowest BCUT2D eigenvalue weighted by molar-refractivity contribution is 0.111. The molecule has 3 aromatic rings. The van der Waals surface area contributed by atoms with Gasteiger partial charge in [-0.1, -0.05) is 62.9 Å². The van der Waals surface area contributed by atoms with Crippen LogP contribution in [0.15, 0.2) is 42.6 Å². The summed E-state index contributed by atoms with van der Waals surface area (Å²) in [6.45, 7) is 4.00. The third kappa shape index (κ3) is 4.15. The smallest absolute Gasteiger partial charge is 0.170 e. The number of aldehydes is 1. The summed E-state index contributed by atoms with van der Waals surface area (Å²) in [5, 5.41) is 0.655. The van der Waals surface area contributed by atoms with Crippen molar-refractivity contribution in [3.8, 4) is 11.1 Å². The Morgan fingerprint density at radius 2 is 1.79 bits per heavy atom. The van der Waals surface area contributed by atoms with Gasteiger partial charge in [0.05, 0.1) is 0 Å². The Balaban J connectivity index is 0.000000366. The third-order valence-corrected chi connectivity index (χ3v) is 3.66. The number of imidazole rings is 1. The first-order valence-corrected chi connectivity index (χ1v) is 8.56. The molecule has 2 N–H and O–H groups in total. The minimum atomic E-state index is 0.228. The standard InChI is InChI=1S/C14H10ClN3O.C3H6.C2H6/c15-11-4-2-1-3-10(11)9-5-6-13-17-14(16)12(8-19)18(13)7-9;1-2-3-1;1-2/h1-8H,16H2;1-3H2;1-2H3. The van der Waals surface area contributed by atoms with E-state index in [0.29, 0.717) is 22.6 Å². The number of nitrogens with zero attached hydrogens (tertiary/aromatic N) is 2. The maximum absolute atomic E-state index is 11.1. The summed E-state index contributed by atoms with van der Waals surface area (Å²) >= 11 is 6.17. The Hall–Kier alpha value is -2.33. The quantitative estimate of drug-likeness (QED) is 0.647. The predicted octanol–water partition coefficient (Wildman–Crippen LogP) is 5.25. The molecule has 2 heterocycles. The van der Waals surface area contributed by atoms with Crippen LogP contribution in [0.2, 0.25) is 5.02 Å². The predicted molar refractivity (Wildman–Crippen MR) is 101 cm³/mol. The molecule has 4 rings (SSSR count). The molecule has 1 aliphatic carbocycles. The van der Waals surface area contributed by atoms with Crippen LogP contribution in [0.25, 0.3) is 16.8 Å². The van der Waals surface area contributed by atoms with E-state index in [0.717, 1.165) is 11.1 Å². The molecule has 0 atom stereocenters. The molecular formula is C19H22ClN3O. The molecule has 0 spiro atoms. The molecule has 1 fully saturated rings. The van der Waals surface area contributed by atoms with Crippen LogP contribution in [0.1, 0.15) is 43.6 Å². The van der Waals surface area contributed by atoms with Crippen LogP contribution in [-0.2, 0) is 0 Å². The zero-order valence-electron chi connectivity index (χ0n) is 14.0. The van der Waals surface area contributed by atoms with Gasteiger partial charge in [0.2, 0.25) is 0 Å². The molecule has 0 saturated heterocycles. The minimum absolute atomic E-state index is 0.228. The van der Waals surface area contributed by atoms with Crippen molar-refractivity contribution in [2.24, 2.45) is 0 Å². The average molecular weight is 344 g/mol. The number of nitrogen functional groups attached to an aromatic ring is 1. The normalized spacial score (nSPS) is 11.8.